The van der Waals surface area contributed by atoms with Gasteiger partial charge in [-0.15, -0.1) is 0 Å². The van der Waals surface area contributed by atoms with Gasteiger partial charge in [0.25, 0.3) is 5.56 Å². The van der Waals surface area contributed by atoms with Gasteiger partial charge in [0.05, 0.1) is 30.6 Å². The van der Waals surface area contributed by atoms with E-state index in [0.717, 1.165) is 5.69 Å². The van der Waals surface area contributed by atoms with Gasteiger partial charge >= 0.3 is 6.03 Å². The lowest BCUT2D eigenvalue weighted by atomic mass is 10.1. The van der Waals surface area contributed by atoms with E-state index >= 15 is 0 Å². The monoisotopic (exact) mass is 350 g/mol. The maximum atomic E-state index is 12.7. The van der Waals surface area contributed by atoms with E-state index in [-0.39, 0.29) is 18.1 Å². The zero-order valence-electron chi connectivity index (χ0n) is 14.3. The summed E-state index contributed by atoms with van der Waals surface area (Å²) in [5.74, 6) is 0.589. The van der Waals surface area contributed by atoms with Crippen LogP contribution < -0.4 is 15.6 Å². The molecule has 0 saturated heterocycles. The zero-order valence-corrected chi connectivity index (χ0v) is 14.3. The first-order valence-corrected chi connectivity index (χ1v) is 8.35. The highest BCUT2D eigenvalue weighted by molar-refractivity contribution is 5.91. The minimum Gasteiger partial charge on any atom is -0.495 e. The Labute approximate surface area is 149 Å². The number of methoxy groups -OCH3 is 1. The van der Waals surface area contributed by atoms with Gasteiger partial charge in [-0.25, -0.2) is 9.78 Å². The molecule has 0 spiro atoms. The van der Waals surface area contributed by atoms with Crippen molar-refractivity contribution in [2.45, 2.75) is 13.0 Å². The molecule has 0 unspecified atom stereocenters. The smallest absolute Gasteiger partial charge is 0.322 e. The Balaban J connectivity index is 1.61. The number of nitrogens with zero attached hydrogens (tertiary/aromatic N) is 3. The van der Waals surface area contributed by atoms with E-state index in [1.165, 1.54) is 4.40 Å². The Morgan fingerprint density at radius 1 is 1.19 bits per heavy atom. The van der Waals surface area contributed by atoms with Crippen molar-refractivity contribution in [1.82, 2.24) is 14.3 Å². The SMILES string of the molecule is COc1ccccc1NC(=O)N1CCc2nc3ccccn3c(=O)c2C1. The van der Waals surface area contributed by atoms with Crippen molar-refractivity contribution in [2.24, 2.45) is 0 Å². The largest absolute Gasteiger partial charge is 0.495 e. The highest BCUT2D eigenvalue weighted by atomic mass is 16.5. The Morgan fingerprint density at radius 2 is 2.00 bits per heavy atom. The summed E-state index contributed by atoms with van der Waals surface area (Å²) >= 11 is 0. The zero-order chi connectivity index (χ0) is 18.1. The van der Waals surface area contributed by atoms with E-state index in [2.05, 4.69) is 10.3 Å². The van der Waals surface area contributed by atoms with E-state index in [4.69, 9.17) is 4.74 Å². The van der Waals surface area contributed by atoms with Crippen LogP contribution >= 0.6 is 0 Å². The molecule has 2 amide bonds. The number of carbonyl (C=O) groups is 1. The molecule has 0 bridgehead atoms. The summed E-state index contributed by atoms with van der Waals surface area (Å²) in [6.07, 6.45) is 2.24. The first-order valence-electron chi connectivity index (χ1n) is 8.35. The topological polar surface area (TPSA) is 75.9 Å². The number of amides is 2. The van der Waals surface area contributed by atoms with Crippen molar-refractivity contribution in [3.63, 3.8) is 0 Å². The molecule has 3 aromatic rings. The molecule has 0 aliphatic carbocycles. The molecule has 4 rings (SSSR count). The number of rotatable bonds is 2. The van der Waals surface area contributed by atoms with E-state index in [9.17, 15) is 9.59 Å². The number of para-hydroxylation sites is 2. The first kappa shape index (κ1) is 16.1. The highest BCUT2D eigenvalue weighted by Gasteiger charge is 2.25. The first-order chi connectivity index (χ1) is 12.7. The number of nitrogens with one attached hydrogen (secondary N) is 1. The number of aromatic nitrogens is 2. The highest BCUT2D eigenvalue weighted by Crippen LogP contribution is 2.24. The fourth-order valence-electron chi connectivity index (χ4n) is 3.16. The van der Waals surface area contributed by atoms with Crippen LogP contribution in [0.3, 0.4) is 0 Å². The molecule has 132 valence electrons. The Bertz CT molecular complexity index is 1040. The van der Waals surface area contributed by atoms with Crippen LogP contribution in [0.15, 0.2) is 53.5 Å². The molecule has 0 atom stereocenters. The van der Waals surface area contributed by atoms with Gasteiger partial charge in [0.15, 0.2) is 0 Å². The Hall–Kier alpha value is -3.35. The molecule has 2 aromatic heterocycles. The molecule has 0 saturated carbocycles. The predicted molar refractivity (Wildman–Crippen MR) is 97.6 cm³/mol. The normalized spacial score (nSPS) is 13.3. The fraction of sp³-hybridized carbons (Fsp3) is 0.211. The summed E-state index contributed by atoms with van der Waals surface area (Å²) in [7, 11) is 1.56. The molecule has 1 N–H and O–H groups in total. The van der Waals surface area contributed by atoms with Crippen molar-refractivity contribution in [2.75, 3.05) is 19.0 Å². The van der Waals surface area contributed by atoms with Gasteiger partial charge in [0.1, 0.15) is 11.4 Å². The standard InChI is InChI=1S/C19H18N4O3/c1-26-16-7-3-2-6-15(16)21-19(25)22-11-9-14-13(12-22)18(24)23-10-5-4-8-17(23)20-14/h2-8,10H,9,11-12H2,1H3,(H,21,25). The van der Waals surface area contributed by atoms with Crippen LogP contribution in [0.2, 0.25) is 0 Å². The van der Waals surface area contributed by atoms with E-state index in [1.54, 1.807) is 36.4 Å². The average Bonchev–Trinajstić information content (AvgIpc) is 2.68. The van der Waals surface area contributed by atoms with Crippen LogP contribution in [0.4, 0.5) is 10.5 Å². The number of pyridine rings is 1. The van der Waals surface area contributed by atoms with Crippen molar-refractivity contribution >= 4 is 17.4 Å². The number of benzene rings is 1. The Morgan fingerprint density at radius 3 is 2.85 bits per heavy atom. The number of carbonyl (C=O) groups excluding carboxylic acids is 1. The molecule has 7 heteroatoms. The summed E-state index contributed by atoms with van der Waals surface area (Å²) in [6, 6.07) is 12.4. The van der Waals surface area contributed by atoms with Gasteiger partial charge in [-0.3, -0.25) is 9.20 Å². The van der Waals surface area contributed by atoms with Crippen molar-refractivity contribution in [3.8, 4) is 5.75 Å². The molecule has 1 aromatic carbocycles. The van der Waals surface area contributed by atoms with Gasteiger partial charge < -0.3 is 15.0 Å². The summed E-state index contributed by atoms with van der Waals surface area (Å²) in [6.45, 7) is 0.739. The average molecular weight is 350 g/mol. The van der Waals surface area contributed by atoms with Gasteiger partial charge in [0.2, 0.25) is 0 Å². The fourth-order valence-corrected chi connectivity index (χ4v) is 3.16. The second-order valence-corrected chi connectivity index (χ2v) is 6.07. The maximum Gasteiger partial charge on any atom is 0.322 e. The summed E-state index contributed by atoms with van der Waals surface area (Å²) < 4.78 is 6.77. The van der Waals surface area contributed by atoms with Gasteiger partial charge in [-0.1, -0.05) is 18.2 Å². The second-order valence-electron chi connectivity index (χ2n) is 6.07. The number of fused-ring (bicyclic) bond motifs is 2. The molecule has 0 radical (unpaired) electrons. The van der Waals surface area contributed by atoms with E-state index in [1.807, 2.05) is 24.3 Å². The van der Waals surface area contributed by atoms with E-state index in [0.29, 0.717) is 35.6 Å². The van der Waals surface area contributed by atoms with Gasteiger partial charge in [-0.05, 0) is 24.3 Å². The number of hydrogen-bond acceptors (Lipinski definition) is 4. The minimum absolute atomic E-state index is 0.125. The van der Waals surface area contributed by atoms with Crippen LogP contribution in [0, 0.1) is 0 Å². The molecule has 1 aliphatic heterocycles. The van der Waals surface area contributed by atoms with Crippen molar-refractivity contribution < 1.29 is 9.53 Å². The van der Waals surface area contributed by atoms with Crippen LogP contribution in [-0.2, 0) is 13.0 Å². The van der Waals surface area contributed by atoms with Crippen LogP contribution in [0.25, 0.3) is 5.65 Å². The molecular weight excluding hydrogens is 332 g/mol. The van der Waals surface area contributed by atoms with Crippen LogP contribution in [-0.4, -0.2) is 34.0 Å². The molecular formula is C19H18N4O3. The van der Waals surface area contributed by atoms with E-state index < -0.39 is 0 Å². The molecule has 3 heterocycles. The van der Waals surface area contributed by atoms with Crippen LogP contribution in [0.5, 0.6) is 5.75 Å². The second kappa shape index (κ2) is 6.51. The number of hydrogen-bond donors (Lipinski definition) is 1. The molecule has 26 heavy (non-hydrogen) atoms. The molecule has 0 fully saturated rings. The lowest BCUT2D eigenvalue weighted by molar-refractivity contribution is 0.205. The number of anilines is 1. The molecule has 1 aliphatic rings. The van der Waals surface area contributed by atoms with Gasteiger partial charge in [-0.2, -0.15) is 0 Å². The lowest BCUT2D eigenvalue weighted by Crippen LogP contribution is -2.42. The number of ether oxygens (including phenoxy) is 1. The summed E-state index contributed by atoms with van der Waals surface area (Å²) in [5, 5.41) is 2.85. The number of urea groups is 1. The summed E-state index contributed by atoms with van der Waals surface area (Å²) in [5.41, 5.74) is 2.43. The Kier molecular flexibility index (Phi) is 4.04. The van der Waals surface area contributed by atoms with Gasteiger partial charge in [0, 0.05) is 19.2 Å². The lowest BCUT2D eigenvalue weighted by Gasteiger charge is -2.28. The van der Waals surface area contributed by atoms with Crippen molar-refractivity contribution in [1.29, 1.82) is 0 Å². The maximum absolute atomic E-state index is 12.7. The third-order valence-corrected chi connectivity index (χ3v) is 4.52. The van der Waals surface area contributed by atoms with Crippen molar-refractivity contribution in [3.05, 3.63) is 70.3 Å². The minimum atomic E-state index is -0.266. The summed E-state index contributed by atoms with van der Waals surface area (Å²) in [4.78, 5) is 31.6. The molecule has 7 nitrogen and oxygen atoms in total. The van der Waals surface area contributed by atoms with Crippen LogP contribution in [0.1, 0.15) is 11.3 Å². The quantitative estimate of drug-likeness (QED) is 0.769. The third-order valence-electron chi connectivity index (χ3n) is 4.52. The predicted octanol–water partition coefficient (Wildman–Crippen LogP) is 2.29. The third kappa shape index (κ3) is 2.77.